The summed E-state index contributed by atoms with van der Waals surface area (Å²) in [6, 6.07) is 14.5. The molecule has 0 spiro atoms. The molecule has 0 aromatic heterocycles. The Morgan fingerprint density at radius 2 is 2.08 bits per heavy atom. The van der Waals surface area contributed by atoms with Crippen molar-refractivity contribution in [3.63, 3.8) is 0 Å². The van der Waals surface area contributed by atoms with E-state index < -0.39 is 0 Å². The van der Waals surface area contributed by atoms with Crippen molar-refractivity contribution in [2.24, 2.45) is 0 Å². The summed E-state index contributed by atoms with van der Waals surface area (Å²) >= 11 is 0. The standard InChI is InChI=1S/C20H19NO4/c1-2-24-19-9-4-3-6-15(19)10-11-18(22)16-7-5-8-17(14-16)21-12-13-25-20(21)23/h3-11,14H,2,12-13H2,1H3. The highest BCUT2D eigenvalue weighted by Crippen LogP contribution is 2.22. The molecule has 0 N–H and O–H groups in total. The minimum atomic E-state index is -0.384. The van der Waals surface area contributed by atoms with Gasteiger partial charge < -0.3 is 9.47 Å². The molecular formula is C20H19NO4. The highest BCUT2D eigenvalue weighted by molar-refractivity contribution is 6.07. The van der Waals surface area contributed by atoms with Gasteiger partial charge in [0.05, 0.1) is 13.2 Å². The Balaban J connectivity index is 1.79. The number of ketones is 1. The van der Waals surface area contributed by atoms with Gasteiger partial charge in [-0.2, -0.15) is 0 Å². The fourth-order valence-corrected chi connectivity index (χ4v) is 2.62. The lowest BCUT2D eigenvalue weighted by Crippen LogP contribution is -2.23. The second kappa shape index (κ2) is 7.66. The number of anilines is 1. The van der Waals surface area contributed by atoms with E-state index in [2.05, 4.69) is 0 Å². The van der Waals surface area contributed by atoms with Gasteiger partial charge in [-0.1, -0.05) is 30.3 Å². The van der Waals surface area contributed by atoms with Crippen molar-refractivity contribution in [2.45, 2.75) is 6.92 Å². The molecule has 5 nitrogen and oxygen atoms in total. The van der Waals surface area contributed by atoms with Gasteiger partial charge in [-0.25, -0.2) is 4.79 Å². The molecule has 2 aromatic carbocycles. The number of hydrogen-bond donors (Lipinski definition) is 0. The molecule has 0 bridgehead atoms. The zero-order valence-corrected chi connectivity index (χ0v) is 14.0. The SMILES string of the molecule is CCOc1ccccc1C=CC(=O)c1cccc(N2CCOC2=O)c1. The molecule has 5 heteroatoms. The third-order valence-electron chi connectivity index (χ3n) is 3.84. The molecule has 2 aromatic rings. The van der Waals surface area contributed by atoms with Gasteiger partial charge in [0.15, 0.2) is 5.78 Å². The maximum absolute atomic E-state index is 12.5. The van der Waals surface area contributed by atoms with E-state index in [-0.39, 0.29) is 11.9 Å². The van der Waals surface area contributed by atoms with E-state index in [9.17, 15) is 9.59 Å². The zero-order valence-electron chi connectivity index (χ0n) is 14.0. The Hall–Kier alpha value is -3.08. The van der Waals surface area contributed by atoms with E-state index in [0.29, 0.717) is 31.0 Å². The van der Waals surface area contributed by atoms with Crippen molar-refractivity contribution < 1.29 is 19.1 Å². The van der Waals surface area contributed by atoms with Gasteiger partial charge in [0.25, 0.3) is 0 Å². The second-order valence-electron chi connectivity index (χ2n) is 5.48. The Kier molecular flexibility index (Phi) is 5.14. The van der Waals surface area contributed by atoms with Gasteiger partial charge >= 0.3 is 6.09 Å². The van der Waals surface area contributed by atoms with Crippen LogP contribution in [0.2, 0.25) is 0 Å². The maximum Gasteiger partial charge on any atom is 0.414 e. The van der Waals surface area contributed by atoms with Gasteiger partial charge in [0.1, 0.15) is 12.4 Å². The van der Waals surface area contributed by atoms with Crippen molar-refractivity contribution in [1.29, 1.82) is 0 Å². The Morgan fingerprint density at radius 1 is 1.24 bits per heavy atom. The molecule has 1 amide bonds. The molecule has 1 heterocycles. The van der Waals surface area contributed by atoms with Gasteiger partial charge in [-0.3, -0.25) is 9.69 Å². The summed E-state index contributed by atoms with van der Waals surface area (Å²) in [5.74, 6) is 0.600. The van der Waals surface area contributed by atoms with Crippen LogP contribution in [0.25, 0.3) is 6.08 Å². The lowest BCUT2D eigenvalue weighted by Gasteiger charge is -2.13. The number of cyclic esters (lactones) is 1. The zero-order chi connectivity index (χ0) is 17.6. The largest absolute Gasteiger partial charge is 0.493 e. The molecule has 1 saturated heterocycles. The minimum absolute atomic E-state index is 0.138. The highest BCUT2D eigenvalue weighted by atomic mass is 16.6. The first-order chi connectivity index (χ1) is 12.2. The number of amides is 1. The van der Waals surface area contributed by atoms with Crippen LogP contribution < -0.4 is 9.64 Å². The third kappa shape index (κ3) is 3.88. The van der Waals surface area contributed by atoms with Crippen molar-refractivity contribution >= 4 is 23.6 Å². The summed E-state index contributed by atoms with van der Waals surface area (Å²) in [5, 5.41) is 0. The number of para-hydroxylation sites is 1. The van der Waals surface area contributed by atoms with Crippen LogP contribution >= 0.6 is 0 Å². The first-order valence-electron chi connectivity index (χ1n) is 8.17. The molecule has 0 unspecified atom stereocenters. The van der Waals surface area contributed by atoms with E-state index in [1.54, 1.807) is 30.3 Å². The topological polar surface area (TPSA) is 55.8 Å². The predicted molar refractivity (Wildman–Crippen MR) is 96.1 cm³/mol. The van der Waals surface area contributed by atoms with Crippen LogP contribution in [0.15, 0.2) is 54.6 Å². The van der Waals surface area contributed by atoms with Crippen molar-refractivity contribution in [3.05, 3.63) is 65.7 Å². The Bertz CT molecular complexity index is 813. The van der Waals surface area contributed by atoms with Gasteiger partial charge in [0.2, 0.25) is 0 Å². The van der Waals surface area contributed by atoms with Crippen LogP contribution in [0.4, 0.5) is 10.5 Å². The fourth-order valence-electron chi connectivity index (χ4n) is 2.62. The van der Waals surface area contributed by atoms with Gasteiger partial charge in [0, 0.05) is 16.8 Å². The fraction of sp³-hybridized carbons (Fsp3) is 0.200. The Labute approximate surface area is 146 Å². The molecule has 128 valence electrons. The first kappa shape index (κ1) is 16.8. The monoisotopic (exact) mass is 337 g/mol. The molecule has 0 aliphatic carbocycles. The minimum Gasteiger partial charge on any atom is -0.493 e. The summed E-state index contributed by atoms with van der Waals surface area (Å²) in [7, 11) is 0. The molecule has 1 aliphatic rings. The molecule has 0 saturated carbocycles. The number of nitrogens with zero attached hydrogens (tertiary/aromatic N) is 1. The number of allylic oxidation sites excluding steroid dienone is 1. The van der Waals surface area contributed by atoms with E-state index in [1.807, 2.05) is 31.2 Å². The van der Waals surface area contributed by atoms with Crippen LogP contribution in [0, 0.1) is 0 Å². The summed E-state index contributed by atoms with van der Waals surface area (Å²) in [4.78, 5) is 25.6. The molecule has 25 heavy (non-hydrogen) atoms. The van der Waals surface area contributed by atoms with Crippen LogP contribution in [0.3, 0.4) is 0 Å². The van der Waals surface area contributed by atoms with E-state index >= 15 is 0 Å². The van der Waals surface area contributed by atoms with E-state index in [4.69, 9.17) is 9.47 Å². The van der Waals surface area contributed by atoms with E-state index in [0.717, 1.165) is 11.3 Å². The number of ether oxygens (including phenoxy) is 2. The third-order valence-corrected chi connectivity index (χ3v) is 3.84. The smallest absolute Gasteiger partial charge is 0.414 e. The molecule has 0 radical (unpaired) electrons. The number of rotatable bonds is 6. The van der Waals surface area contributed by atoms with Crippen molar-refractivity contribution in [1.82, 2.24) is 0 Å². The quantitative estimate of drug-likeness (QED) is 0.592. The van der Waals surface area contributed by atoms with Gasteiger partial charge in [-0.15, -0.1) is 0 Å². The maximum atomic E-state index is 12.5. The van der Waals surface area contributed by atoms with Crippen LogP contribution in [0.1, 0.15) is 22.8 Å². The molecule has 3 rings (SSSR count). The van der Waals surface area contributed by atoms with Crippen LogP contribution in [0.5, 0.6) is 5.75 Å². The average Bonchev–Trinajstić information content (AvgIpc) is 3.07. The second-order valence-corrected chi connectivity index (χ2v) is 5.48. The van der Waals surface area contributed by atoms with Gasteiger partial charge in [-0.05, 0) is 37.3 Å². The Morgan fingerprint density at radius 3 is 2.84 bits per heavy atom. The summed E-state index contributed by atoms with van der Waals surface area (Å²) < 4.78 is 10.5. The highest BCUT2D eigenvalue weighted by Gasteiger charge is 2.23. The molecule has 1 aliphatic heterocycles. The average molecular weight is 337 g/mol. The normalized spacial score (nSPS) is 14.0. The lowest BCUT2D eigenvalue weighted by molar-refractivity contribution is 0.104. The summed E-state index contributed by atoms with van der Waals surface area (Å²) in [6.07, 6.45) is 2.87. The van der Waals surface area contributed by atoms with Crippen molar-refractivity contribution in [2.75, 3.05) is 24.7 Å². The predicted octanol–water partition coefficient (Wildman–Crippen LogP) is 3.94. The molecule has 1 fully saturated rings. The summed E-state index contributed by atoms with van der Waals surface area (Å²) in [6.45, 7) is 3.34. The lowest BCUT2D eigenvalue weighted by atomic mass is 10.1. The first-order valence-corrected chi connectivity index (χ1v) is 8.17. The molecular weight excluding hydrogens is 318 g/mol. The van der Waals surface area contributed by atoms with Crippen molar-refractivity contribution in [3.8, 4) is 5.75 Å². The summed E-state index contributed by atoms with van der Waals surface area (Å²) in [5.41, 5.74) is 2.02. The van der Waals surface area contributed by atoms with Crippen LogP contribution in [-0.4, -0.2) is 31.6 Å². The number of hydrogen-bond acceptors (Lipinski definition) is 4. The number of carbonyl (C=O) groups excluding carboxylic acids is 2. The molecule has 0 atom stereocenters. The van der Waals surface area contributed by atoms with E-state index in [1.165, 1.54) is 11.0 Å². The number of benzene rings is 2. The number of carbonyl (C=O) groups is 2. The van der Waals surface area contributed by atoms with Crippen LogP contribution in [-0.2, 0) is 4.74 Å².